The molecule has 1 fully saturated rings. The molecule has 0 saturated carbocycles. The van der Waals surface area contributed by atoms with E-state index in [1.165, 1.54) is 5.56 Å². The second kappa shape index (κ2) is 5.48. The van der Waals surface area contributed by atoms with Crippen LogP contribution >= 0.6 is 11.3 Å². The number of amides is 1. The maximum Gasteiger partial charge on any atom is 0.254 e. The number of nitriles is 1. The molecule has 2 aromatic rings. The maximum absolute atomic E-state index is 12.6. The van der Waals surface area contributed by atoms with Gasteiger partial charge in [0.1, 0.15) is 0 Å². The number of benzene rings is 1. The number of thiophene rings is 1. The van der Waals surface area contributed by atoms with Gasteiger partial charge >= 0.3 is 0 Å². The zero-order valence-corrected chi connectivity index (χ0v) is 11.8. The molecule has 0 bridgehead atoms. The van der Waals surface area contributed by atoms with Crippen LogP contribution in [0.3, 0.4) is 0 Å². The van der Waals surface area contributed by atoms with E-state index in [2.05, 4.69) is 17.5 Å². The predicted octanol–water partition coefficient (Wildman–Crippen LogP) is 3.60. The lowest BCUT2D eigenvalue weighted by atomic mass is 10.1. The van der Waals surface area contributed by atoms with Crippen LogP contribution in [0.25, 0.3) is 0 Å². The third kappa shape index (κ3) is 2.33. The normalized spacial score (nSPS) is 17.9. The van der Waals surface area contributed by atoms with Gasteiger partial charge in [0, 0.05) is 12.1 Å². The molecule has 1 aromatic carbocycles. The van der Waals surface area contributed by atoms with Crippen LogP contribution in [-0.2, 0) is 0 Å². The minimum Gasteiger partial charge on any atom is -0.332 e. The average Bonchev–Trinajstić information content (AvgIpc) is 3.16. The van der Waals surface area contributed by atoms with Crippen LogP contribution in [0.1, 0.15) is 40.4 Å². The predicted molar refractivity (Wildman–Crippen MR) is 78.5 cm³/mol. The summed E-state index contributed by atoms with van der Waals surface area (Å²) in [5.41, 5.74) is 2.35. The summed E-state index contributed by atoms with van der Waals surface area (Å²) in [6.45, 7) is 0.788. The number of rotatable bonds is 2. The highest BCUT2D eigenvalue weighted by molar-refractivity contribution is 7.07. The van der Waals surface area contributed by atoms with Crippen LogP contribution in [0.2, 0.25) is 0 Å². The first-order valence-electron chi connectivity index (χ1n) is 6.63. The lowest BCUT2D eigenvalue weighted by Crippen LogP contribution is -2.30. The zero-order valence-electron chi connectivity index (χ0n) is 11.0. The van der Waals surface area contributed by atoms with Crippen LogP contribution < -0.4 is 0 Å². The molecule has 0 N–H and O–H groups in total. The maximum atomic E-state index is 12.6. The Kier molecular flexibility index (Phi) is 3.53. The van der Waals surface area contributed by atoms with Crippen molar-refractivity contribution >= 4 is 17.2 Å². The third-order valence-corrected chi connectivity index (χ3v) is 4.38. The van der Waals surface area contributed by atoms with Gasteiger partial charge in [-0.1, -0.05) is 6.07 Å². The molecule has 1 amide bonds. The van der Waals surface area contributed by atoms with Gasteiger partial charge < -0.3 is 4.90 Å². The van der Waals surface area contributed by atoms with E-state index in [4.69, 9.17) is 5.26 Å². The number of nitrogens with zero attached hydrogens (tertiary/aromatic N) is 2. The van der Waals surface area contributed by atoms with Crippen LogP contribution in [0.15, 0.2) is 41.1 Å². The minimum absolute atomic E-state index is 0.0239. The minimum atomic E-state index is 0.0239. The quantitative estimate of drug-likeness (QED) is 0.844. The molecule has 1 aromatic heterocycles. The van der Waals surface area contributed by atoms with Gasteiger partial charge in [-0.2, -0.15) is 16.6 Å². The average molecular weight is 282 g/mol. The SMILES string of the molecule is N#Cc1cccc(C(=O)N2CCCC2c2ccsc2)c1. The van der Waals surface area contributed by atoms with Crippen LogP contribution in [0.5, 0.6) is 0 Å². The van der Waals surface area contributed by atoms with Gasteiger partial charge in [-0.3, -0.25) is 4.79 Å². The summed E-state index contributed by atoms with van der Waals surface area (Å²) < 4.78 is 0. The zero-order chi connectivity index (χ0) is 13.9. The van der Waals surface area contributed by atoms with E-state index in [9.17, 15) is 4.79 Å². The topological polar surface area (TPSA) is 44.1 Å². The molecule has 1 atom stereocenters. The molecule has 3 rings (SSSR count). The highest BCUT2D eigenvalue weighted by Gasteiger charge is 2.30. The Morgan fingerprint density at radius 1 is 1.40 bits per heavy atom. The van der Waals surface area contributed by atoms with Crippen molar-refractivity contribution in [2.24, 2.45) is 0 Å². The van der Waals surface area contributed by atoms with Gasteiger partial charge in [-0.15, -0.1) is 0 Å². The van der Waals surface area contributed by atoms with Gasteiger partial charge in [-0.25, -0.2) is 0 Å². The second-order valence-corrected chi connectivity index (χ2v) is 5.69. The first-order chi connectivity index (χ1) is 9.79. The van der Waals surface area contributed by atoms with E-state index >= 15 is 0 Å². The van der Waals surface area contributed by atoms with Crippen molar-refractivity contribution in [1.82, 2.24) is 4.90 Å². The fourth-order valence-corrected chi connectivity index (χ4v) is 3.42. The number of carbonyl (C=O) groups is 1. The number of likely N-dealkylation sites (tertiary alicyclic amines) is 1. The summed E-state index contributed by atoms with van der Waals surface area (Å²) in [5, 5.41) is 13.1. The molecule has 1 aliphatic heterocycles. The van der Waals surface area contributed by atoms with Gasteiger partial charge in [0.25, 0.3) is 5.91 Å². The van der Waals surface area contributed by atoms with E-state index in [-0.39, 0.29) is 11.9 Å². The van der Waals surface area contributed by atoms with Crippen LogP contribution in [0.4, 0.5) is 0 Å². The van der Waals surface area contributed by atoms with Crippen molar-refractivity contribution < 1.29 is 4.79 Å². The molecule has 100 valence electrons. The Labute approximate surface area is 122 Å². The standard InChI is InChI=1S/C16H14N2OS/c17-10-12-3-1-4-13(9-12)16(19)18-7-2-5-15(18)14-6-8-20-11-14/h1,3-4,6,8-9,11,15H,2,5,7H2. The fourth-order valence-electron chi connectivity index (χ4n) is 2.71. The first kappa shape index (κ1) is 12.9. The highest BCUT2D eigenvalue weighted by Crippen LogP contribution is 2.34. The van der Waals surface area contributed by atoms with Crippen molar-refractivity contribution in [1.29, 1.82) is 5.26 Å². The molecular weight excluding hydrogens is 268 g/mol. The molecule has 4 heteroatoms. The van der Waals surface area contributed by atoms with Crippen molar-refractivity contribution in [3.8, 4) is 6.07 Å². The summed E-state index contributed by atoms with van der Waals surface area (Å²) >= 11 is 1.66. The van der Waals surface area contributed by atoms with Gasteiger partial charge in [-0.05, 0) is 53.4 Å². The van der Waals surface area contributed by atoms with E-state index in [0.717, 1.165) is 19.4 Å². The Hall–Kier alpha value is -2.12. The fraction of sp³-hybridized carbons (Fsp3) is 0.250. The molecule has 0 aliphatic carbocycles. The molecular formula is C16H14N2OS. The van der Waals surface area contributed by atoms with E-state index < -0.39 is 0 Å². The van der Waals surface area contributed by atoms with Gasteiger partial charge in [0.05, 0.1) is 17.7 Å². The second-order valence-electron chi connectivity index (χ2n) is 4.91. The summed E-state index contributed by atoms with van der Waals surface area (Å²) in [5.74, 6) is 0.0239. The lowest BCUT2D eigenvalue weighted by Gasteiger charge is -2.24. The summed E-state index contributed by atoms with van der Waals surface area (Å²) in [6.07, 6.45) is 2.05. The van der Waals surface area contributed by atoms with E-state index in [0.29, 0.717) is 11.1 Å². The molecule has 0 radical (unpaired) electrons. The van der Waals surface area contributed by atoms with Gasteiger partial charge in [0.15, 0.2) is 0 Å². The summed E-state index contributed by atoms with van der Waals surface area (Å²) in [4.78, 5) is 14.6. The molecule has 20 heavy (non-hydrogen) atoms. The first-order valence-corrected chi connectivity index (χ1v) is 7.57. The van der Waals surface area contributed by atoms with E-state index in [1.54, 1.807) is 35.6 Å². The molecule has 1 aliphatic rings. The monoisotopic (exact) mass is 282 g/mol. The van der Waals surface area contributed by atoms with Crippen LogP contribution in [0, 0.1) is 11.3 Å². The third-order valence-electron chi connectivity index (χ3n) is 3.68. The molecule has 3 nitrogen and oxygen atoms in total. The molecule has 2 heterocycles. The molecule has 1 saturated heterocycles. The van der Waals surface area contributed by atoms with Crippen molar-refractivity contribution in [3.63, 3.8) is 0 Å². The van der Waals surface area contributed by atoms with E-state index in [1.807, 2.05) is 10.3 Å². The van der Waals surface area contributed by atoms with Crippen molar-refractivity contribution in [2.45, 2.75) is 18.9 Å². The smallest absolute Gasteiger partial charge is 0.254 e. The van der Waals surface area contributed by atoms with Crippen molar-refractivity contribution in [2.75, 3.05) is 6.54 Å². The Bertz CT molecular complexity index is 657. The van der Waals surface area contributed by atoms with Crippen LogP contribution in [-0.4, -0.2) is 17.4 Å². The Morgan fingerprint density at radius 3 is 3.05 bits per heavy atom. The largest absolute Gasteiger partial charge is 0.332 e. The highest BCUT2D eigenvalue weighted by atomic mass is 32.1. The van der Waals surface area contributed by atoms with Crippen molar-refractivity contribution in [3.05, 3.63) is 57.8 Å². The summed E-state index contributed by atoms with van der Waals surface area (Å²) in [6, 6.07) is 11.3. The Balaban J connectivity index is 1.88. The number of carbonyl (C=O) groups excluding carboxylic acids is 1. The Morgan fingerprint density at radius 2 is 2.30 bits per heavy atom. The van der Waals surface area contributed by atoms with Gasteiger partial charge in [0.2, 0.25) is 0 Å². The summed E-state index contributed by atoms with van der Waals surface area (Å²) in [7, 11) is 0. The molecule has 1 unspecified atom stereocenters. The number of hydrogen-bond donors (Lipinski definition) is 0. The lowest BCUT2D eigenvalue weighted by molar-refractivity contribution is 0.0736. The molecule has 0 spiro atoms. The number of hydrogen-bond acceptors (Lipinski definition) is 3.